The molecule has 0 amide bonds. The van der Waals surface area contributed by atoms with Gasteiger partial charge in [0, 0.05) is 26.2 Å². The highest BCUT2D eigenvalue weighted by atomic mass is 32.2. The Kier molecular flexibility index (Phi) is 5.15. The summed E-state index contributed by atoms with van der Waals surface area (Å²) in [6.07, 6.45) is 1.51. The first-order valence-electron chi connectivity index (χ1n) is 6.91. The van der Waals surface area contributed by atoms with Crippen molar-refractivity contribution in [2.24, 2.45) is 11.7 Å². The Balaban J connectivity index is 2.04. The normalized spacial score (nSPS) is 20.4. The van der Waals surface area contributed by atoms with Gasteiger partial charge in [0.2, 0.25) is 10.0 Å². The first-order chi connectivity index (χ1) is 9.55. The Hall–Kier alpha value is -0.950. The summed E-state index contributed by atoms with van der Waals surface area (Å²) in [7, 11) is -3.28. The number of sulfonamides is 1. The van der Waals surface area contributed by atoms with Gasteiger partial charge in [-0.05, 0) is 29.9 Å². The fraction of sp³-hybridized carbons (Fsp3) is 0.571. The van der Waals surface area contributed by atoms with E-state index in [4.69, 9.17) is 10.8 Å². The molecule has 1 saturated heterocycles. The minimum atomic E-state index is -3.28. The van der Waals surface area contributed by atoms with Gasteiger partial charge >= 0.3 is 0 Å². The Morgan fingerprint density at radius 1 is 1.35 bits per heavy atom. The first kappa shape index (κ1) is 15.4. The standard InChI is InChI=1S/C14H22N2O3S/c15-9-13-2-1-3-14(8-13)11-20(18,19)16-6-4-12(10-16)5-7-17/h1-3,8,12,17H,4-7,9-11,15H2. The van der Waals surface area contributed by atoms with Crippen LogP contribution in [0.2, 0.25) is 0 Å². The summed E-state index contributed by atoms with van der Waals surface area (Å²) in [5.74, 6) is 0.303. The maximum Gasteiger partial charge on any atom is 0.218 e. The maximum absolute atomic E-state index is 12.4. The lowest BCUT2D eigenvalue weighted by Gasteiger charge is -2.16. The predicted molar refractivity (Wildman–Crippen MR) is 78.3 cm³/mol. The van der Waals surface area contributed by atoms with Gasteiger partial charge in [-0.1, -0.05) is 24.3 Å². The number of benzene rings is 1. The van der Waals surface area contributed by atoms with Crippen LogP contribution in [0.4, 0.5) is 0 Å². The van der Waals surface area contributed by atoms with E-state index in [1.807, 2.05) is 24.3 Å². The van der Waals surface area contributed by atoms with Crippen LogP contribution >= 0.6 is 0 Å². The van der Waals surface area contributed by atoms with Gasteiger partial charge in [-0.2, -0.15) is 0 Å². The molecule has 0 saturated carbocycles. The van der Waals surface area contributed by atoms with Crippen molar-refractivity contribution in [3.05, 3.63) is 35.4 Å². The quantitative estimate of drug-likeness (QED) is 0.809. The van der Waals surface area contributed by atoms with Gasteiger partial charge in [-0.15, -0.1) is 0 Å². The van der Waals surface area contributed by atoms with E-state index in [1.165, 1.54) is 0 Å². The number of aliphatic hydroxyl groups excluding tert-OH is 1. The number of rotatable bonds is 6. The fourth-order valence-electron chi connectivity index (χ4n) is 2.62. The average Bonchev–Trinajstić information content (AvgIpc) is 2.88. The van der Waals surface area contributed by atoms with Gasteiger partial charge in [0.15, 0.2) is 0 Å². The van der Waals surface area contributed by atoms with Crippen LogP contribution in [0.15, 0.2) is 24.3 Å². The monoisotopic (exact) mass is 298 g/mol. The molecule has 0 spiro atoms. The number of hydrogen-bond acceptors (Lipinski definition) is 4. The lowest BCUT2D eigenvalue weighted by atomic mass is 10.1. The molecule has 1 unspecified atom stereocenters. The topological polar surface area (TPSA) is 83.6 Å². The number of nitrogens with two attached hydrogens (primary N) is 1. The molecule has 3 N–H and O–H groups in total. The van der Waals surface area contributed by atoms with E-state index in [0.29, 0.717) is 26.1 Å². The molecule has 1 aromatic rings. The lowest BCUT2D eigenvalue weighted by molar-refractivity contribution is 0.259. The van der Waals surface area contributed by atoms with E-state index in [1.54, 1.807) is 4.31 Å². The predicted octanol–water partition coefficient (Wildman–Crippen LogP) is 0.679. The summed E-state index contributed by atoms with van der Waals surface area (Å²) >= 11 is 0. The SMILES string of the molecule is NCc1cccc(CS(=O)(=O)N2CCC(CCO)C2)c1. The maximum atomic E-state index is 12.4. The second-order valence-corrected chi connectivity index (χ2v) is 7.27. The average molecular weight is 298 g/mol. The highest BCUT2D eigenvalue weighted by Gasteiger charge is 2.30. The zero-order valence-corrected chi connectivity index (χ0v) is 12.3. The van der Waals surface area contributed by atoms with Gasteiger partial charge in [0.05, 0.1) is 5.75 Å². The zero-order valence-electron chi connectivity index (χ0n) is 11.5. The largest absolute Gasteiger partial charge is 0.396 e. The van der Waals surface area contributed by atoms with Gasteiger partial charge in [-0.3, -0.25) is 0 Å². The molecule has 1 aliphatic rings. The molecule has 112 valence electrons. The van der Waals surface area contributed by atoms with Crippen LogP contribution < -0.4 is 5.73 Å². The third kappa shape index (κ3) is 3.79. The highest BCUT2D eigenvalue weighted by molar-refractivity contribution is 7.88. The summed E-state index contributed by atoms with van der Waals surface area (Å²) in [5, 5.41) is 8.93. The fourth-order valence-corrected chi connectivity index (χ4v) is 4.22. The van der Waals surface area contributed by atoms with E-state index in [2.05, 4.69) is 0 Å². The van der Waals surface area contributed by atoms with Crippen LogP contribution in [0.3, 0.4) is 0 Å². The molecule has 2 rings (SSSR count). The van der Waals surface area contributed by atoms with Crippen LogP contribution in [0, 0.1) is 5.92 Å². The van der Waals surface area contributed by atoms with Gasteiger partial charge in [-0.25, -0.2) is 12.7 Å². The molecule has 0 bridgehead atoms. The van der Waals surface area contributed by atoms with Gasteiger partial charge < -0.3 is 10.8 Å². The van der Waals surface area contributed by atoms with Crippen molar-refractivity contribution in [3.8, 4) is 0 Å². The van der Waals surface area contributed by atoms with E-state index >= 15 is 0 Å². The molecule has 0 aliphatic carbocycles. The molecular formula is C14H22N2O3S. The third-order valence-electron chi connectivity index (χ3n) is 3.76. The molecule has 1 heterocycles. The smallest absolute Gasteiger partial charge is 0.218 e. The van der Waals surface area contributed by atoms with E-state index in [9.17, 15) is 8.42 Å². The van der Waals surface area contributed by atoms with Crippen molar-refractivity contribution in [1.29, 1.82) is 0 Å². The summed E-state index contributed by atoms with van der Waals surface area (Å²) in [6.45, 7) is 1.62. The molecule has 1 fully saturated rings. The molecule has 5 nitrogen and oxygen atoms in total. The van der Waals surface area contributed by atoms with Crippen LogP contribution in [0.25, 0.3) is 0 Å². The van der Waals surface area contributed by atoms with Crippen LogP contribution in [-0.2, 0) is 22.3 Å². The molecule has 1 aromatic carbocycles. The number of aliphatic hydroxyl groups is 1. The second kappa shape index (κ2) is 6.67. The Labute approximate surface area is 120 Å². The number of hydrogen-bond donors (Lipinski definition) is 2. The Morgan fingerprint density at radius 2 is 2.10 bits per heavy atom. The van der Waals surface area contributed by atoms with Crippen molar-refractivity contribution in [2.75, 3.05) is 19.7 Å². The van der Waals surface area contributed by atoms with Gasteiger partial charge in [0.25, 0.3) is 0 Å². The molecule has 0 aromatic heterocycles. The van der Waals surface area contributed by atoms with Crippen LogP contribution in [0.1, 0.15) is 24.0 Å². The second-order valence-electron chi connectivity index (χ2n) is 5.31. The van der Waals surface area contributed by atoms with Gasteiger partial charge in [0.1, 0.15) is 0 Å². The first-order valence-corrected chi connectivity index (χ1v) is 8.52. The van der Waals surface area contributed by atoms with Crippen molar-refractivity contribution >= 4 is 10.0 Å². The molecule has 1 atom stereocenters. The summed E-state index contributed by atoms with van der Waals surface area (Å²) in [5.41, 5.74) is 7.29. The number of nitrogens with zero attached hydrogens (tertiary/aromatic N) is 1. The minimum Gasteiger partial charge on any atom is -0.396 e. The molecular weight excluding hydrogens is 276 g/mol. The zero-order chi connectivity index (χ0) is 14.6. The van der Waals surface area contributed by atoms with Crippen LogP contribution in [-0.4, -0.2) is 37.5 Å². The van der Waals surface area contributed by atoms with Crippen molar-refractivity contribution in [3.63, 3.8) is 0 Å². The molecule has 0 radical (unpaired) electrons. The molecule has 6 heteroatoms. The van der Waals surface area contributed by atoms with E-state index < -0.39 is 10.0 Å². The Bertz CT molecular complexity index is 545. The summed E-state index contributed by atoms with van der Waals surface area (Å²) < 4.78 is 26.3. The summed E-state index contributed by atoms with van der Waals surface area (Å²) in [4.78, 5) is 0. The molecule has 1 aliphatic heterocycles. The van der Waals surface area contributed by atoms with Crippen molar-refractivity contribution < 1.29 is 13.5 Å². The lowest BCUT2D eigenvalue weighted by Crippen LogP contribution is -2.30. The third-order valence-corrected chi connectivity index (χ3v) is 5.57. The molecule has 20 heavy (non-hydrogen) atoms. The highest BCUT2D eigenvalue weighted by Crippen LogP contribution is 2.24. The van der Waals surface area contributed by atoms with E-state index in [-0.39, 0.29) is 18.3 Å². The Morgan fingerprint density at radius 3 is 2.80 bits per heavy atom. The van der Waals surface area contributed by atoms with E-state index in [0.717, 1.165) is 17.5 Å². The van der Waals surface area contributed by atoms with Crippen molar-refractivity contribution in [2.45, 2.75) is 25.1 Å². The van der Waals surface area contributed by atoms with Crippen LogP contribution in [0.5, 0.6) is 0 Å². The summed E-state index contributed by atoms with van der Waals surface area (Å²) in [6, 6.07) is 7.39. The minimum absolute atomic E-state index is 0.0205. The van der Waals surface area contributed by atoms with Crippen molar-refractivity contribution in [1.82, 2.24) is 4.31 Å².